The summed E-state index contributed by atoms with van der Waals surface area (Å²) in [7, 11) is -1.24. The first-order valence-corrected chi connectivity index (χ1v) is 34.5. The van der Waals surface area contributed by atoms with Gasteiger partial charge in [-0.25, -0.2) is 24.4 Å². The highest BCUT2D eigenvalue weighted by molar-refractivity contribution is 7.98. The molecule has 0 aliphatic carbocycles. The summed E-state index contributed by atoms with van der Waals surface area (Å²) in [6.45, 7) is 30.1. The first-order valence-electron chi connectivity index (χ1n) is 29.0. The number of thiol groups is 1. The van der Waals surface area contributed by atoms with Crippen LogP contribution in [0.4, 0.5) is 4.79 Å². The zero-order valence-corrected chi connectivity index (χ0v) is 56.3. The number of esters is 3. The molecule has 2 rings (SSSR count). The molecule has 24 heteroatoms. The van der Waals surface area contributed by atoms with Gasteiger partial charge in [-0.15, -0.1) is 11.8 Å². The quantitative estimate of drug-likeness (QED) is 0.00702. The number of hydrogen-bond acceptors (Lipinski definition) is 18. The van der Waals surface area contributed by atoms with E-state index in [4.69, 9.17) is 29.8 Å². The highest BCUT2D eigenvalue weighted by Crippen LogP contribution is 2.21. The van der Waals surface area contributed by atoms with Gasteiger partial charge in [-0.3, -0.25) is 28.8 Å². The van der Waals surface area contributed by atoms with Gasteiger partial charge >= 0.3 is 30.0 Å². The molecule has 0 bridgehead atoms. The number of ether oxygens (including phenoxy) is 4. The van der Waals surface area contributed by atoms with Crippen LogP contribution < -0.4 is 27.0 Å². The second-order valence-electron chi connectivity index (χ2n) is 22.6. The van der Waals surface area contributed by atoms with E-state index in [2.05, 4.69) is 70.4 Å². The number of carboxylic acids is 1. The van der Waals surface area contributed by atoms with Crippen LogP contribution in [0.25, 0.3) is 0 Å². The number of rotatable bonds is 31. The Balaban J connectivity index is 0.00000141. The van der Waals surface area contributed by atoms with Crippen molar-refractivity contribution in [3.63, 3.8) is 0 Å². The van der Waals surface area contributed by atoms with Crippen LogP contribution in [0.5, 0.6) is 0 Å². The number of aromatic nitrogens is 2. The molecule has 21 nitrogen and oxygen atoms in total. The van der Waals surface area contributed by atoms with Crippen molar-refractivity contribution in [3.05, 3.63) is 100 Å². The normalized spacial score (nSPS) is 13.2. The number of unbranched alkanes of at least 4 members (excludes halogenated alkanes) is 2. The summed E-state index contributed by atoms with van der Waals surface area (Å²) in [5.41, 5.74) is 7.32. The number of alkyl carbamates (subject to hydrolysis) is 1. The summed E-state index contributed by atoms with van der Waals surface area (Å²) < 4.78 is 21.5. The van der Waals surface area contributed by atoms with Gasteiger partial charge in [-0.05, 0) is 121 Å². The molecule has 4 atom stereocenters. The topological polar surface area (TPSA) is 311 Å². The second kappa shape index (κ2) is 41.5. The Labute approximate surface area is 520 Å². The molecule has 0 radical (unpaired) electrons. The van der Waals surface area contributed by atoms with E-state index in [1.54, 1.807) is 78.8 Å². The fraction of sp³-hybridized carbons (Fsp3) is 0.565. The molecule has 7 N–H and O–H groups in total. The zero-order chi connectivity index (χ0) is 65.9. The summed E-state index contributed by atoms with van der Waals surface area (Å²) in [5, 5.41) is 19.0. The monoisotopic (exact) mass is 1260 g/mol. The molecule has 0 saturated heterocycles. The van der Waals surface area contributed by atoms with Crippen molar-refractivity contribution in [1.29, 1.82) is 0 Å². The second-order valence-corrected chi connectivity index (χ2v) is 29.4. The number of nitrogens with zero attached hydrogens (tertiary/aromatic N) is 2. The average molecular weight is 1260 g/mol. The lowest BCUT2D eigenvalue weighted by molar-refractivity contribution is -0.155. The number of hydrogen-bond donors (Lipinski definition) is 7. The van der Waals surface area contributed by atoms with E-state index in [0.29, 0.717) is 24.5 Å². The van der Waals surface area contributed by atoms with Gasteiger partial charge in [0.1, 0.15) is 58.5 Å². The number of aliphatic carboxylic acids is 1. The fourth-order valence-electron chi connectivity index (χ4n) is 6.93. The molecule has 0 aliphatic rings. The van der Waals surface area contributed by atoms with Crippen LogP contribution >= 0.6 is 24.4 Å². The molecule has 0 unspecified atom stereocenters. The van der Waals surface area contributed by atoms with Gasteiger partial charge in [-0.2, -0.15) is 12.6 Å². The Kier molecular flexibility index (Phi) is 38.3. The van der Waals surface area contributed by atoms with E-state index in [1.165, 1.54) is 36.9 Å². The van der Waals surface area contributed by atoms with Crippen LogP contribution in [-0.4, -0.2) is 119 Å². The predicted octanol–water partition coefficient (Wildman–Crippen LogP) is 10.2. The van der Waals surface area contributed by atoms with Crippen molar-refractivity contribution >= 4 is 85.9 Å². The smallest absolute Gasteiger partial charge is 0.407 e. The highest BCUT2D eigenvalue weighted by atomic mass is 32.2. The fourth-order valence-corrected chi connectivity index (χ4v) is 8.49. The molecule has 0 aromatic carbocycles. The Morgan fingerprint density at radius 3 is 1.74 bits per heavy atom. The van der Waals surface area contributed by atoms with E-state index in [0.717, 1.165) is 47.9 Å². The van der Waals surface area contributed by atoms with Crippen molar-refractivity contribution in [1.82, 2.24) is 31.2 Å². The summed E-state index contributed by atoms with van der Waals surface area (Å²) in [6.07, 6.45) is 14.1. The average Bonchev–Trinajstić information content (AvgIpc) is 3.57. The third-order valence-corrected chi connectivity index (χ3v) is 14.7. The SMILES string of the molecule is C/C=C(/NC(=O)c1ccc(CS)c(CC)n1)C(=O)O.C/C=C(\NC(=O)c1ccc(SC)c(CNC(=O)OC(C)(C)C)n1)C(=O)N[C@H](C(=O)O[C@H](/C=C/CCC)CC(C)=O)C(C)C.CCC/C=C/[C@H](CC(=O)OCC[Si](C)(C)C)OC(=O)[C@@H](N)C(C)C. The Hall–Kier alpha value is -6.63. The lowest BCUT2D eigenvalue weighted by atomic mass is 10.0. The lowest BCUT2D eigenvalue weighted by Gasteiger charge is -2.24. The number of Topliss-reactive ketones (excluding diaryl/α,β-unsaturated/α-hetero) is 1. The van der Waals surface area contributed by atoms with Crippen molar-refractivity contribution in [2.75, 3.05) is 12.9 Å². The van der Waals surface area contributed by atoms with Crippen LogP contribution in [0, 0.1) is 11.8 Å². The molecule has 86 heavy (non-hydrogen) atoms. The van der Waals surface area contributed by atoms with Gasteiger partial charge in [0.25, 0.3) is 17.7 Å². The van der Waals surface area contributed by atoms with Crippen molar-refractivity contribution in [3.8, 4) is 0 Å². The van der Waals surface area contributed by atoms with Gasteiger partial charge in [0, 0.05) is 30.8 Å². The standard InChI is InChI=1S/C31H46N4O7S.C18H35NO4Si.C13H16N2O3S/c1-10-12-13-14-21(17-20(5)36)41-29(39)26(19(3)4)35-27(37)22(11-2)34-28(38)23-15-16-25(43-9)24(33-23)18-32-30(40)42-31(6,7)8;1-7-8-9-10-15(23-18(21)17(19)14(2)3)13-16(20)22-11-12-24(4,5)6;1-3-9-8(7-19)5-6-11(14-9)12(16)15-10(4-2)13(17)18/h11,13-16,19,21,26H,10,12,17-18H2,1-9H3,(H,32,40)(H,34,38)(H,35,37);9-10,14-15,17H,7-8,11-13,19H2,1-6H3;4-6,19H,3,7H2,1-2H3,(H,15,16)(H,17,18)/b14-13+,22-11-;10-9+;10-4+/t21-,26+;15-,17+;/m11./s1. The molecular weight excluding hydrogens is 1160 g/mol. The Morgan fingerprint density at radius 1 is 0.767 bits per heavy atom. The maximum Gasteiger partial charge on any atom is 0.407 e. The number of amides is 4. The van der Waals surface area contributed by atoms with Gasteiger partial charge in [-0.1, -0.05) is 111 Å². The predicted molar refractivity (Wildman–Crippen MR) is 342 cm³/mol. The number of carbonyl (C=O) groups is 9. The zero-order valence-electron chi connectivity index (χ0n) is 53.6. The summed E-state index contributed by atoms with van der Waals surface area (Å²) in [5.74, 6) is -4.51. The van der Waals surface area contributed by atoms with Crippen LogP contribution in [0.15, 0.2) is 77.0 Å². The van der Waals surface area contributed by atoms with Crippen LogP contribution in [0.3, 0.4) is 0 Å². The lowest BCUT2D eigenvalue weighted by Crippen LogP contribution is -2.48. The van der Waals surface area contributed by atoms with Crippen molar-refractivity contribution in [2.45, 2.75) is 208 Å². The van der Waals surface area contributed by atoms with Crippen molar-refractivity contribution < 1.29 is 67.2 Å². The maximum absolute atomic E-state index is 13.1. The van der Waals surface area contributed by atoms with E-state index in [1.807, 2.05) is 46.1 Å². The minimum atomic E-state index is -1.24. The van der Waals surface area contributed by atoms with E-state index < -0.39 is 79.7 Å². The molecule has 2 heterocycles. The molecule has 0 saturated carbocycles. The van der Waals surface area contributed by atoms with Crippen molar-refractivity contribution in [2.24, 2.45) is 17.6 Å². The van der Waals surface area contributed by atoms with Gasteiger partial charge < -0.3 is 51.1 Å². The number of carboxylic acid groups (broad SMARTS) is 1. The Morgan fingerprint density at radius 2 is 1.29 bits per heavy atom. The first kappa shape index (κ1) is 79.4. The van der Waals surface area contributed by atoms with Crippen LogP contribution in [0.2, 0.25) is 25.7 Å². The van der Waals surface area contributed by atoms with Gasteiger partial charge in [0.15, 0.2) is 0 Å². The number of nitrogens with one attached hydrogen (secondary N) is 4. The summed E-state index contributed by atoms with van der Waals surface area (Å²) in [4.78, 5) is 119. The minimum absolute atomic E-state index is 0.0125. The summed E-state index contributed by atoms with van der Waals surface area (Å²) >= 11 is 5.59. The molecule has 0 spiro atoms. The molecule has 2 aromatic heterocycles. The molecule has 0 aliphatic heterocycles. The van der Waals surface area contributed by atoms with E-state index in [-0.39, 0.29) is 65.8 Å². The van der Waals surface area contributed by atoms with Gasteiger partial charge in [0.2, 0.25) is 0 Å². The first-order chi connectivity index (χ1) is 40.2. The number of pyridine rings is 2. The van der Waals surface area contributed by atoms with E-state index in [9.17, 15) is 43.2 Å². The largest absolute Gasteiger partial charge is 0.477 e. The van der Waals surface area contributed by atoms with E-state index >= 15 is 0 Å². The molecule has 0 fully saturated rings. The number of aryl methyl sites for hydroxylation is 1. The molecule has 2 aromatic rings. The number of allylic oxidation sites excluding steroid dienone is 4. The highest BCUT2D eigenvalue weighted by Gasteiger charge is 2.30. The number of thioether (sulfide) groups is 1. The third-order valence-electron chi connectivity index (χ3n) is 11.9. The van der Waals surface area contributed by atoms with Crippen LogP contribution in [-0.2, 0) is 66.4 Å². The molecule has 4 amide bonds. The molecular formula is C62H97N7O14S2Si. The summed E-state index contributed by atoms with van der Waals surface area (Å²) in [6, 6.07) is 5.77. The maximum atomic E-state index is 13.1. The number of ketones is 1. The van der Waals surface area contributed by atoms with Gasteiger partial charge in [0.05, 0.1) is 25.3 Å². The number of nitrogens with two attached hydrogens (primary N) is 1. The Bertz CT molecular complexity index is 2680. The number of carbonyl (C=O) groups excluding carboxylic acids is 8. The van der Waals surface area contributed by atoms with Crippen LogP contribution in [0.1, 0.15) is 166 Å². The minimum Gasteiger partial charge on any atom is -0.477 e. The molecule has 480 valence electrons. The third kappa shape index (κ3) is 33.3.